The summed E-state index contributed by atoms with van der Waals surface area (Å²) in [6.45, 7) is 9.21. The van der Waals surface area contributed by atoms with E-state index in [2.05, 4.69) is 21.4 Å². The van der Waals surface area contributed by atoms with Gasteiger partial charge in [0.15, 0.2) is 0 Å². The Morgan fingerprint density at radius 1 is 1.12 bits per heavy atom. The molecule has 1 aromatic carbocycles. The third-order valence-corrected chi connectivity index (χ3v) is 6.04. The Morgan fingerprint density at radius 2 is 1.75 bits per heavy atom. The van der Waals surface area contributed by atoms with Crippen molar-refractivity contribution in [3.63, 3.8) is 0 Å². The van der Waals surface area contributed by atoms with Gasteiger partial charge in [0.25, 0.3) is 0 Å². The van der Waals surface area contributed by atoms with Crippen molar-refractivity contribution in [2.75, 3.05) is 52.1 Å². The zero-order valence-corrected chi connectivity index (χ0v) is 15.7. The van der Waals surface area contributed by atoms with E-state index in [1.54, 1.807) is 14.0 Å². The summed E-state index contributed by atoms with van der Waals surface area (Å²) in [7, 11) is -1.56. The quantitative estimate of drug-likeness (QED) is 0.762. The fourth-order valence-corrected chi connectivity index (χ4v) is 3.60. The van der Waals surface area contributed by atoms with E-state index in [9.17, 15) is 8.42 Å². The predicted octanol–water partition coefficient (Wildman–Crippen LogP) is 1.31. The van der Waals surface area contributed by atoms with Crippen LogP contribution in [-0.2, 0) is 10.0 Å². The van der Waals surface area contributed by atoms with Crippen LogP contribution in [0.25, 0.3) is 0 Å². The summed E-state index contributed by atoms with van der Waals surface area (Å²) >= 11 is 0. The number of methoxy groups -OCH3 is 1. The number of hydrogen-bond donors (Lipinski definition) is 1. The van der Waals surface area contributed by atoms with Crippen LogP contribution in [0.5, 0.6) is 5.75 Å². The molecule has 1 aliphatic heterocycles. The van der Waals surface area contributed by atoms with Crippen molar-refractivity contribution in [2.24, 2.45) is 0 Å². The van der Waals surface area contributed by atoms with Gasteiger partial charge in [0.1, 0.15) is 5.75 Å². The van der Waals surface area contributed by atoms with E-state index in [0.717, 1.165) is 44.0 Å². The summed E-state index contributed by atoms with van der Waals surface area (Å²) in [5.74, 6) is 0.911. The number of hydrogen-bond acceptors (Lipinski definition) is 5. The molecule has 0 aromatic heterocycles. The third-order valence-electron chi connectivity index (χ3n) is 4.67. The second-order valence-corrected chi connectivity index (χ2v) is 8.11. The van der Waals surface area contributed by atoms with Crippen LogP contribution in [0.2, 0.25) is 0 Å². The summed E-state index contributed by atoms with van der Waals surface area (Å²) in [5, 5.41) is 0. The van der Waals surface area contributed by atoms with Gasteiger partial charge < -0.3 is 9.64 Å². The minimum Gasteiger partial charge on any atom is -0.497 e. The van der Waals surface area contributed by atoms with Crippen LogP contribution < -0.4 is 9.46 Å². The Balaban J connectivity index is 2.14. The second kappa shape index (κ2) is 8.80. The van der Waals surface area contributed by atoms with E-state index in [4.69, 9.17) is 4.74 Å². The minimum absolute atomic E-state index is 0.0382. The first-order valence-corrected chi connectivity index (χ1v) is 10.2. The van der Waals surface area contributed by atoms with Gasteiger partial charge >= 0.3 is 0 Å². The SMILES string of the molecule is CCN1CCN(C(CNS(=O)(=O)CC)c2ccc(OC)cc2)CC1. The number of benzene rings is 1. The standard InChI is InChI=1S/C17H29N3O3S/c1-4-19-10-12-20(13-11-19)17(14-18-24(21,22)5-2)15-6-8-16(23-3)9-7-15/h6-9,17-18H,4-5,10-14H2,1-3H3. The van der Waals surface area contributed by atoms with Crippen LogP contribution in [0.1, 0.15) is 25.5 Å². The van der Waals surface area contributed by atoms with Crippen LogP contribution in [0.4, 0.5) is 0 Å². The lowest BCUT2D eigenvalue weighted by atomic mass is 10.0. The normalized spacial score (nSPS) is 18.5. The Kier molecular flexibility index (Phi) is 7.03. The zero-order valence-electron chi connectivity index (χ0n) is 14.9. The molecule has 0 bridgehead atoms. The average Bonchev–Trinajstić information content (AvgIpc) is 2.63. The first kappa shape index (κ1) is 19.2. The smallest absolute Gasteiger partial charge is 0.211 e. The molecule has 24 heavy (non-hydrogen) atoms. The summed E-state index contributed by atoms with van der Waals surface area (Å²) in [6, 6.07) is 7.94. The monoisotopic (exact) mass is 355 g/mol. The van der Waals surface area contributed by atoms with E-state index < -0.39 is 10.0 Å². The minimum atomic E-state index is -3.20. The van der Waals surface area contributed by atoms with Crippen LogP contribution in [0.15, 0.2) is 24.3 Å². The summed E-state index contributed by atoms with van der Waals surface area (Å²) < 4.78 is 31.7. The summed E-state index contributed by atoms with van der Waals surface area (Å²) in [5.41, 5.74) is 1.11. The van der Waals surface area contributed by atoms with Crippen molar-refractivity contribution in [1.82, 2.24) is 14.5 Å². The van der Waals surface area contributed by atoms with Gasteiger partial charge in [-0.2, -0.15) is 0 Å². The van der Waals surface area contributed by atoms with Gasteiger partial charge in [-0.1, -0.05) is 19.1 Å². The predicted molar refractivity (Wildman–Crippen MR) is 96.9 cm³/mol. The highest BCUT2D eigenvalue weighted by Gasteiger charge is 2.25. The highest BCUT2D eigenvalue weighted by molar-refractivity contribution is 7.89. The van der Waals surface area contributed by atoms with Crippen LogP contribution in [-0.4, -0.2) is 70.3 Å². The van der Waals surface area contributed by atoms with E-state index in [1.165, 1.54) is 0 Å². The largest absolute Gasteiger partial charge is 0.497 e. The van der Waals surface area contributed by atoms with Crippen molar-refractivity contribution >= 4 is 10.0 Å². The molecule has 1 aromatic rings. The maximum Gasteiger partial charge on any atom is 0.211 e. The molecule has 136 valence electrons. The highest BCUT2D eigenvalue weighted by atomic mass is 32.2. The van der Waals surface area contributed by atoms with E-state index in [0.29, 0.717) is 6.54 Å². The number of nitrogens with zero attached hydrogens (tertiary/aromatic N) is 2. The van der Waals surface area contributed by atoms with Crippen molar-refractivity contribution in [1.29, 1.82) is 0 Å². The van der Waals surface area contributed by atoms with Crippen LogP contribution in [0.3, 0.4) is 0 Å². The highest BCUT2D eigenvalue weighted by Crippen LogP contribution is 2.24. The molecule has 1 saturated heterocycles. The Labute approximate surface area is 145 Å². The lowest BCUT2D eigenvalue weighted by molar-refractivity contribution is 0.100. The number of sulfonamides is 1. The van der Waals surface area contributed by atoms with Crippen LogP contribution >= 0.6 is 0 Å². The number of ether oxygens (including phenoxy) is 1. The van der Waals surface area contributed by atoms with E-state index in [-0.39, 0.29) is 11.8 Å². The number of rotatable bonds is 8. The van der Waals surface area contributed by atoms with Gasteiger partial charge in [-0.3, -0.25) is 4.90 Å². The maximum absolute atomic E-state index is 11.9. The van der Waals surface area contributed by atoms with Gasteiger partial charge in [-0.05, 0) is 31.2 Å². The second-order valence-electron chi connectivity index (χ2n) is 6.01. The first-order valence-electron chi connectivity index (χ1n) is 8.56. The maximum atomic E-state index is 11.9. The zero-order chi connectivity index (χ0) is 17.6. The topological polar surface area (TPSA) is 61.9 Å². The first-order chi connectivity index (χ1) is 11.5. The molecule has 0 spiro atoms. The molecule has 1 heterocycles. The van der Waals surface area contributed by atoms with Crippen molar-refractivity contribution in [2.45, 2.75) is 19.9 Å². The van der Waals surface area contributed by atoms with E-state index in [1.807, 2.05) is 24.3 Å². The molecule has 7 heteroatoms. The van der Waals surface area contributed by atoms with Gasteiger partial charge in [0, 0.05) is 38.8 Å². The molecule has 0 aliphatic carbocycles. The lowest BCUT2D eigenvalue weighted by Crippen LogP contribution is -2.49. The molecular formula is C17H29N3O3S. The van der Waals surface area contributed by atoms with Gasteiger partial charge in [-0.25, -0.2) is 13.1 Å². The van der Waals surface area contributed by atoms with E-state index >= 15 is 0 Å². The van der Waals surface area contributed by atoms with Gasteiger partial charge in [0.05, 0.1) is 12.9 Å². The molecule has 6 nitrogen and oxygen atoms in total. The molecule has 1 N–H and O–H groups in total. The molecule has 0 radical (unpaired) electrons. The van der Waals surface area contributed by atoms with Gasteiger partial charge in [-0.15, -0.1) is 0 Å². The summed E-state index contributed by atoms with van der Waals surface area (Å²) in [6.07, 6.45) is 0. The fourth-order valence-electron chi connectivity index (χ4n) is 2.98. The molecule has 1 fully saturated rings. The molecule has 1 unspecified atom stereocenters. The molecule has 0 amide bonds. The van der Waals surface area contributed by atoms with Crippen molar-refractivity contribution in [3.8, 4) is 5.75 Å². The molecular weight excluding hydrogens is 326 g/mol. The molecule has 1 atom stereocenters. The Hall–Kier alpha value is -1.15. The van der Waals surface area contributed by atoms with Gasteiger partial charge in [0.2, 0.25) is 10.0 Å². The Morgan fingerprint density at radius 3 is 2.25 bits per heavy atom. The molecule has 2 rings (SSSR count). The third kappa shape index (κ3) is 5.17. The average molecular weight is 356 g/mol. The fraction of sp³-hybridized carbons (Fsp3) is 0.647. The summed E-state index contributed by atoms with van der Waals surface area (Å²) in [4.78, 5) is 4.78. The number of piperazine rings is 1. The van der Waals surface area contributed by atoms with Crippen molar-refractivity contribution < 1.29 is 13.2 Å². The number of nitrogens with one attached hydrogen (secondary N) is 1. The molecule has 1 aliphatic rings. The van der Waals surface area contributed by atoms with Crippen molar-refractivity contribution in [3.05, 3.63) is 29.8 Å². The molecule has 0 saturated carbocycles. The lowest BCUT2D eigenvalue weighted by Gasteiger charge is -2.39. The Bertz CT molecular complexity index is 596. The number of likely N-dealkylation sites (N-methyl/N-ethyl adjacent to an activating group) is 1. The van der Waals surface area contributed by atoms with Crippen LogP contribution in [0, 0.1) is 0 Å².